The third-order valence-electron chi connectivity index (χ3n) is 4.49. The van der Waals surface area contributed by atoms with E-state index in [-0.39, 0.29) is 5.04 Å². The van der Waals surface area contributed by atoms with Gasteiger partial charge in [-0.3, -0.25) is 4.90 Å². The number of nitrogens with zero attached hydrogens (tertiary/aromatic N) is 1. The summed E-state index contributed by atoms with van der Waals surface area (Å²) in [4.78, 5) is 2.36. The van der Waals surface area contributed by atoms with Crippen LogP contribution in [0.2, 0.25) is 18.1 Å². The van der Waals surface area contributed by atoms with E-state index in [1.165, 1.54) is 0 Å². The molecule has 1 aliphatic rings. The molecule has 0 bridgehead atoms. The van der Waals surface area contributed by atoms with Gasteiger partial charge in [0.05, 0.1) is 18.8 Å². The third-order valence-corrected chi connectivity index (χ3v) is 8.99. The zero-order valence-corrected chi connectivity index (χ0v) is 13.5. The first-order valence-corrected chi connectivity index (χ1v) is 9.47. The normalized spacial score (nSPS) is 27.7. The molecular formula is C13H29NO2Si. The van der Waals surface area contributed by atoms with Crippen molar-refractivity contribution in [2.24, 2.45) is 0 Å². The number of hydrogen-bond acceptors (Lipinski definition) is 3. The largest absolute Gasteiger partial charge is 0.415 e. The van der Waals surface area contributed by atoms with Crippen molar-refractivity contribution in [2.75, 3.05) is 27.3 Å². The molecule has 0 saturated carbocycles. The van der Waals surface area contributed by atoms with E-state index in [9.17, 15) is 0 Å². The van der Waals surface area contributed by atoms with Gasteiger partial charge in [0.1, 0.15) is 0 Å². The van der Waals surface area contributed by atoms with Gasteiger partial charge in [0.2, 0.25) is 0 Å². The molecule has 2 atom stereocenters. The second-order valence-corrected chi connectivity index (χ2v) is 11.5. The van der Waals surface area contributed by atoms with Gasteiger partial charge in [0.15, 0.2) is 8.32 Å². The van der Waals surface area contributed by atoms with Gasteiger partial charge in [-0.2, -0.15) is 0 Å². The number of likely N-dealkylation sites (N-methyl/N-ethyl adjacent to an activating group) is 1. The summed E-state index contributed by atoms with van der Waals surface area (Å²) in [7, 11) is 2.35. The molecular weight excluding hydrogens is 230 g/mol. The predicted molar refractivity (Wildman–Crippen MR) is 75.0 cm³/mol. The van der Waals surface area contributed by atoms with Gasteiger partial charge in [0.25, 0.3) is 0 Å². The molecule has 1 heterocycles. The van der Waals surface area contributed by atoms with Crippen LogP contribution >= 0.6 is 0 Å². The molecule has 1 rings (SSSR count). The second-order valence-electron chi connectivity index (χ2n) is 6.68. The highest BCUT2D eigenvalue weighted by Gasteiger charge is 2.40. The molecule has 17 heavy (non-hydrogen) atoms. The van der Waals surface area contributed by atoms with Crippen LogP contribution in [0.3, 0.4) is 0 Å². The lowest BCUT2D eigenvalue weighted by atomic mass is 10.2. The Hall–Kier alpha value is 0.0969. The first-order chi connectivity index (χ1) is 7.69. The Bertz CT molecular complexity index is 250. The topological polar surface area (TPSA) is 21.7 Å². The average Bonchev–Trinajstić information content (AvgIpc) is 2.54. The molecule has 0 aromatic heterocycles. The van der Waals surface area contributed by atoms with Gasteiger partial charge in [-0.15, -0.1) is 0 Å². The van der Waals surface area contributed by atoms with E-state index in [0.29, 0.717) is 12.1 Å². The monoisotopic (exact) mass is 259 g/mol. The smallest absolute Gasteiger partial charge is 0.192 e. The van der Waals surface area contributed by atoms with Gasteiger partial charge in [-0.05, 0) is 31.6 Å². The average molecular weight is 259 g/mol. The van der Waals surface area contributed by atoms with Crippen molar-refractivity contribution in [1.29, 1.82) is 0 Å². The van der Waals surface area contributed by atoms with Crippen LogP contribution in [0.15, 0.2) is 0 Å². The summed E-state index contributed by atoms with van der Waals surface area (Å²) in [5.74, 6) is 0. The number of rotatable bonds is 4. The molecule has 1 aliphatic heterocycles. The van der Waals surface area contributed by atoms with Crippen molar-refractivity contribution in [3.63, 3.8) is 0 Å². The van der Waals surface area contributed by atoms with E-state index in [2.05, 4.69) is 45.8 Å². The summed E-state index contributed by atoms with van der Waals surface area (Å²) in [6, 6.07) is 0.425. The SMILES string of the molecule is CO[C@H]1CCN(C)[C@@H]1CO[Si](C)(C)C(C)(C)C. The second kappa shape index (κ2) is 5.39. The molecule has 1 fully saturated rings. The van der Waals surface area contributed by atoms with Crippen molar-refractivity contribution >= 4 is 8.32 Å². The minimum Gasteiger partial charge on any atom is -0.415 e. The highest BCUT2D eigenvalue weighted by Crippen LogP contribution is 2.37. The summed E-state index contributed by atoms with van der Waals surface area (Å²) >= 11 is 0. The molecule has 3 nitrogen and oxygen atoms in total. The molecule has 0 spiro atoms. The lowest BCUT2D eigenvalue weighted by Gasteiger charge is -2.38. The predicted octanol–water partition coefficient (Wildman–Crippen LogP) is 2.73. The van der Waals surface area contributed by atoms with Crippen molar-refractivity contribution in [2.45, 2.75) is 57.5 Å². The van der Waals surface area contributed by atoms with Gasteiger partial charge < -0.3 is 9.16 Å². The number of likely N-dealkylation sites (tertiary alicyclic amines) is 1. The molecule has 0 aromatic rings. The maximum Gasteiger partial charge on any atom is 0.192 e. The summed E-state index contributed by atoms with van der Waals surface area (Å²) in [6.07, 6.45) is 1.46. The Morgan fingerprint density at radius 2 is 1.88 bits per heavy atom. The van der Waals surface area contributed by atoms with Crippen molar-refractivity contribution in [3.8, 4) is 0 Å². The number of hydrogen-bond donors (Lipinski definition) is 0. The molecule has 0 aliphatic carbocycles. The standard InChI is InChI=1S/C13H29NO2Si/c1-13(2,3)17(6,7)16-10-11-12(15-5)8-9-14(11)4/h11-12H,8-10H2,1-7H3/t11-,12+/m1/s1. The van der Waals surface area contributed by atoms with Crippen LogP contribution in [0.1, 0.15) is 27.2 Å². The van der Waals surface area contributed by atoms with Crippen molar-refractivity contribution in [1.82, 2.24) is 4.90 Å². The maximum absolute atomic E-state index is 6.30. The highest BCUT2D eigenvalue weighted by molar-refractivity contribution is 6.74. The minimum absolute atomic E-state index is 0.284. The molecule has 0 radical (unpaired) electrons. The fraction of sp³-hybridized carbons (Fsp3) is 1.00. The van der Waals surface area contributed by atoms with Crippen LogP contribution in [-0.4, -0.2) is 52.7 Å². The Balaban J connectivity index is 2.55. The van der Waals surface area contributed by atoms with E-state index in [0.717, 1.165) is 19.6 Å². The summed E-state index contributed by atoms with van der Waals surface area (Å²) in [6.45, 7) is 13.4. The van der Waals surface area contributed by atoms with Crippen LogP contribution in [0.5, 0.6) is 0 Å². The maximum atomic E-state index is 6.30. The fourth-order valence-corrected chi connectivity index (χ4v) is 3.01. The molecule has 0 amide bonds. The zero-order valence-electron chi connectivity index (χ0n) is 12.5. The number of ether oxygens (including phenoxy) is 1. The van der Waals surface area contributed by atoms with E-state index in [1.807, 2.05) is 7.11 Å². The highest BCUT2D eigenvalue weighted by atomic mass is 28.4. The molecule has 1 saturated heterocycles. The first kappa shape index (κ1) is 15.2. The van der Waals surface area contributed by atoms with Crippen LogP contribution in [0, 0.1) is 0 Å². The fourth-order valence-electron chi connectivity index (χ4n) is 1.99. The van der Waals surface area contributed by atoms with Crippen LogP contribution in [0.4, 0.5) is 0 Å². The summed E-state index contributed by atoms with van der Waals surface area (Å²) in [5.41, 5.74) is 0. The van der Waals surface area contributed by atoms with E-state index >= 15 is 0 Å². The first-order valence-electron chi connectivity index (χ1n) is 6.56. The number of methoxy groups -OCH3 is 1. The van der Waals surface area contributed by atoms with E-state index in [4.69, 9.17) is 9.16 Å². The van der Waals surface area contributed by atoms with Gasteiger partial charge in [-0.1, -0.05) is 20.8 Å². The Morgan fingerprint density at radius 1 is 1.29 bits per heavy atom. The van der Waals surface area contributed by atoms with Crippen LogP contribution in [0.25, 0.3) is 0 Å². The summed E-state index contributed by atoms with van der Waals surface area (Å²) in [5, 5.41) is 0.284. The minimum atomic E-state index is -1.63. The van der Waals surface area contributed by atoms with Crippen molar-refractivity contribution in [3.05, 3.63) is 0 Å². The Labute approximate surface area is 108 Å². The van der Waals surface area contributed by atoms with E-state index in [1.54, 1.807) is 0 Å². The van der Waals surface area contributed by atoms with Crippen LogP contribution in [-0.2, 0) is 9.16 Å². The lowest BCUT2D eigenvalue weighted by molar-refractivity contribution is 0.0470. The molecule has 4 heteroatoms. The van der Waals surface area contributed by atoms with E-state index < -0.39 is 8.32 Å². The molecule has 0 unspecified atom stereocenters. The summed E-state index contributed by atoms with van der Waals surface area (Å²) < 4.78 is 11.8. The quantitative estimate of drug-likeness (QED) is 0.725. The van der Waals surface area contributed by atoms with Crippen LogP contribution < -0.4 is 0 Å². The van der Waals surface area contributed by atoms with Gasteiger partial charge in [-0.25, -0.2) is 0 Å². The zero-order chi connectivity index (χ0) is 13.3. The van der Waals surface area contributed by atoms with Gasteiger partial charge >= 0.3 is 0 Å². The van der Waals surface area contributed by atoms with Gasteiger partial charge in [0, 0.05) is 13.7 Å². The molecule has 0 N–H and O–H groups in total. The van der Waals surface area contributed by atoms with Crippen molar-refractivity contribution < 1.29 is 9.16 Å². The molecule has 102 valence electrons. The lowest BCUT2D eigenvalue weighted by Crippen LogP contribution is -2.46. The Morgan fingerprint density at radius 3 is 2.35 bits per heavy atom. The third kappa shape index (κ3) is 3.53. The Kier molecular flexibility index (Phi) is 4.80. The molecule has 0 aromatic carbocycles.